The van der Waals surface area contributed by atoms with Gasteiger partial charge in [-0.1, -0.05) is 16.7 Å². The standard InChI is InChI=1S/C23H26ClN5O4S/c1-12-8-16(17-9-20(24)26-11-19(17)32-3)18(10-25-12)21(31)27-22-28-29-23(34-22)33-15-6-4-14(5-7-15)13(2)30/h8-11,13-15,30H,4-7H2,1-3H3,(H,27,28,31)/t13-,14?,15?/m0/s1. The minimum atomic E-state index is -0.391. The number of pyridine rings is 2. The molecule has 0 unspecified atom stereocenters. The van der Waals surface area contributed by atoms with E-state index in [-0.39, 0.29) is 17.4 Å². The zero-order valence-corrected chi connectivity index (χ0v) is 20.7. The number of aryl methyl sites for hydroxylation is 1. The minimum Gasteiger partial charge on any atom is -0.494 e. The summed E-state index contributed by atoms with van der Waals surface area (Å²) in [7, 11) is 1.53. The van der Waals surface area contributed by atoms with Gasteiger partial charge >= 0.3 is 0 Å². The summed E-state index contributed by atoms with van der Waals surface area (Å²) in [6.07, 6.45) is 6.28. The first-order chi connectivity index (χ1) is 16.3. The van der Waals surface area contributed by atoms with Crippen LogP contribution in [0.2, 0.25) is 5.15 Å². The fourth-order valence-electron chi connectivity index (χ4n) is 4.06. The number of aliphatic hydroxyl groups excluding tert-OH is 1. The monoisotopic (exact) mass is 503 g/mol. The summed E-state index contributed by atoms with van der Waals surface area (Å²) in [5.41, 5.74) is 2.31. The van der Waals surface area contributed by atoms with E-state index in [1.54, 1.807) is 12.1 Å². The summed E-state index contributed by atoms with van der Waals surface area (Å²) in [6, 6.07) is 3.44. The van der Waals surface area contributed by atoms with Gasteiger partial charge in [-0.05, 0) is 68.9 Å². The maximum absolute atomic E-state index is 13.1. The van der Waals surface area contributed by atoms with Crippen molar-refractivity contribution in [3.8, 4) is 22.1 Å². The minimum absolute atomic E-state index is 0.0308. The van der Waals surface area contributed by atoms with Crippen molar-refractivity contribution in [2.75, 3.05) is 12.4 Å². The summed E-state index contributed by atoms with van der Waals surface area (Å²) in [5.74, 6) is 0.411. The maximum atomic E-state index is 13.1. The normalized spacial score (nSPS) is 18.9. The van der Waals surface area contributed by atoms with E-state index in [9.17, 15) is 9.90 Å². The first kappa shape index (κ1) is 24.3. The number of amides is 1. The number of anilines is 1. The van der Waals surface area contributed by atoms with E-state index in [0.717, 1.165) is 31.4 Å². The highest BCUT2D eigenvalue weighted by atomic mass is 35.5. The number of rotatable bonds is 7. The third-order valence-corrected chi connectivity index (χ3v) is 6.86. The lowest BCUT2D eigenvalue weighted by Crippen LogP contribution is -2.28. The van der Waals surface area contributed by atoms with Gasteiger partial charge in [0, 0.05) is 23.0 Å². The molecule has 4 rings (SSSR count). The SMILES string of the molecule is COc1cnc(Cl)cc1-c1cc(C)ncc1C(=O)Nc1nnc(OC2CCC([C@H](C)O)CC2)s1. The van der Waals surface area contributed by atoms with Crippen molar-refractivity contribution in [1.82, 2.24) is 20.2 Å². The van der Waals surface area contributed by atoms with Crippen molar-refractivity contribution < 1.29 is 19.4 Å². The second-order valence-corrected chi connectivity index (χ2v) is 9.63. The van der Waals surface area contributed by atoms with Gasteiger partial charge in [0.2, 0.25) is 5.13 Å². The van der Waals surface area contributed by atoms with Crippen LogP contribution in [0, 0.1) is 12.8 Å². The molecule has 34 heavy (non-hydrogen) atoms. The molecule has 0 bridgehead atoms. The zero-order valence-electron chi connectivity index (χ0n) is 19.1. The Morgan fingerprint density at radius 3 is 2.65 bits per heavy atom. The molecule has 1 aliphatic rings. The predicted molar refractivity (Wildman–Crippen MR) is 130 cm³/mol. The Balaban J connectivity index is 1.48. The van der Waals surface area contributed by atoms with Crippen molar-refractivity contribution in [3.05, 3.63) is 40.9 Å². The predicted octanol–water partition coefficient (Wildman–Crippen LogP) is 4.54. The number of nitrogens with zero attached hydrogens (tertiary/aromatic N) is 4. The fraction of sp³-hybridized carbons (Fsp3) is 0.435. The molecule has 3 aromatic heterocycles. The molecule has 0 aromatic carbocycles. The average Bonchev–Trinajstić information content (AvgIpc) is 3.25. The van der Waals surface area contributed by atoms with Crippen LogP contribution in [-0.2, 0) is 0 Å². The third kappa shape index (κ3) is 5.63. The summed E-state index contributed by atoms with van der Waals surface area (Å²) >= 11 is 7.28. The van der Waals surface area contributed by atoms with Crippen LogP contribution in [0.25, 0.3) is 11.1 Å². The van der Waals surface area contributed by atoms with Gasteiger partial charge in [0.05, 0.1) is 25.0 Å². The number of carbonyl (C=O) groups is 1. The van der Waals surface area contributed by atoms with Crippen LogP contribution in [0.15, 0.2) is 24.5 Å². The molecule has 9 nitrogen and oxygen atoms in total. The molecule has 1 fully saturated rings. The van der Waals surface area contributed by atoms with E-state index >= 15 is 0 Å². The second kappa shape index (κ2) is 10.6. The van der Waals surface area contributed by atoms with Gasteiger partial charge in [-0.2, -0.15) is 0 Å². The number of hydrogen-bond acceptors (Lipinski definition) is 9. The van der Waals surface area contributed by atoms with Crippen molar-refractivity contribution >= 4 is 34.0 Å². The van der Waals surface area contributed by atoms with Gasteiger partial charge < -0.3 is 14.6 Å². The lowest BCUT2D eigenvalue weighted by atomic mass is 9.84. The van der Waals surface area contributed by atoms with E-state index in [1.807, 2.05) is 13.8 Å². The number of methoxy groups -OCH3 is 1. The quantitative estimate of drug-likeness (QED) is 0.451. The second-order valence-electron chi connectivity index (χ2n) is 8.30. The lowest BCUT2D eigenvalue weighted by Gasteiger charge is -2.29. The van der Waals surface area contributed by atoms with Crippen LogP contribution < -0.4 is 14.8 Å². The highest BCUT2D eigenvalue weighted by molar-refractivity contribution is 7.17. The number of carbonyl (C=O) groups excluding carboxylic acids is 1. The van der Waals surface area contributed by atoms with Crippen LogP contribution in [0.1, 0.15) is 48.7 Å². The van der Waals surface area contributed by atoms with E-state index < -0.39 is 5.91 Å². The van der Waals surface area contributed by atoms with E-state index in [2.05, 4.69) is 25.5 Å². The molecule has 1 amide bonds. The Labute approximate surface area is 206 Å². The summed E-state index contributed by atoms with van der Waals surface area (Å²) in [6.45, 7) is 3.67. The molecule has 0 aliphatic heterocycles. The first-order valence-corrected chi connectivity index (χ1v) is 12.2. The van der Waals surface area contributed by atoms with E-state index in [1.165, 1.54) is 30.8 Å². The third-order valence-electron chi connectivity index (χ3n) is 5.92. The molecule has 3 heterocycles. The Morgan fingerprint density at radius 2 is 1.94 bits per heavy atom. The highest BCUT2D eigenvalue weighted by Crippen LogP contribution is 2.35. The number of aromatic nitrogens is 4. The molecule has 1 atom stereocenters. The van der Waals surface area contributed by atoms with E-state index in [0.29, 0.717) is 38.7 Å². The molecule has 1 saturated carbocycles. The molecular formula is C23H26ClN5O4S. The Bertz CT molecular complexity index is 1160. The summed E-state index contributed by atoms with van der Waals surface area (Å²) in [4.78, 5) is 21.5. The molecular weight excluding hydrogens is 478 g/mol. The topological polar surface area (TPSA) is 119 Å². The Hall–Kier alpha value is -2.82. The van der Waals surface area contributed by atoms with Gasteiger partial charge in [0.1, 0.15) is 17.0 Å². The van der Waals surface area contributed by atoms with Gasteiger partial charge in [-0.3, -0.25) is 15.1 Å². The van der Waals surface area contributed by atoms with Crippen LogP contribution in [-0.4, -0.2) is 50.5 Å². The molecule has 0 spiro atoms. The van der Waals surface area contributed by atoms with Gasteiger partial charge in [-0.25, -0.2) is 4.98 Å². The summed E-state index contributed by atoms with van der Waals surface area (Å²) in [5, 5.41) is 21.7. The number of aliphatic hydroxyl groups is 1. The van der Waals surface area contributed by atoms with Gasteiger partial charge in [0.25, 0.3) is 11.1 Å². The Morgan fingerprint density at radius 1 is 1.18 bits per heavy atom. The fourth-order valence-corrected chi connectivity index (χ4v) is 4.87. The number of hydrogen-bond donors (Lipinski definition) is 2. The van der Waals surface area contributed by atoms with E-state index in [4.69, 9.17) is 21.1 Å². The van der Waals surface area contributed by atoms with Crippen molar-refractivity contribution in [3.63, 3.8) is 0 Å². The zero-order chi connectivity index (χ0) is 24.2. The number of nitrogens with one attached hydrogen (secondary N) is 1. The van der Waals surface area contributed by atoms with Crippen LogP contribution >= 0.6 is 22.9 Å². The molecule has 2 N–H and O–H groups in total. The molecule has 0 saturated heterocycles. The van der Waals surface area contributed by atoms with Crippen LogP contribution in [0.5, 0.6) is 10.9 Å². The Kier molecular flexibility index (Phi) is 7.60. The van der Waals surface area contributed by atoms with Crippen molar-refractivity contribution in [2.24, 2.45) is 5.92 Å². The van der Waals surface area contributed by atoms with Gasteiger partial charge in [-0.15, -0.1) is 5.10 Å². The molecule has 180 valence electrons. The molecule has 1 aliphatic carbocycles. The number of halogens is 1. The van der Waals surface area contributed by atoms with Crippen molar-refractivity contribution in [1.29, 1.82) is 0 Å². The van der Waals surface area contributed by atoms with Crippen molar-refractivity contribution in [2.45, 2.75) is 51.7 Å². The van der Waals surface area contributed by atoms with Crippen LogP contribution in [0.4, 0.5) is 5.13 Å². The highest BCUT2D eigenvalue weighted by Gasteiger charge is 2.26. The molecule has 11 heteroatoms. The molecule has 0 radical (unpaired) electrons. The smallest absolute Gasteiger partial charge is 0.296 e. The first-order valence-electron chi connectivity index (χ1n) is 11.0. The summed E-state index contributed by atoms with van der Waals surface area (Å²) < 4.78 is 11.4. The largest absolute Gasteiger partial charge is 0.494 e. The lowest BCUT2D eigenvalue weighted by molar-refractivity contribution is 0.0606. The number of ether oxygens (including phenoxy) is 2. The maximum Gasteiger partial charge on any atom is 0.296 e. The average molecular weight is 504 g/mol. The van der Waals surface area contributed by atoms with Crippen LogP contribution in [0.3, 0.4) is 0 Å². The molecule has 3 aromatic rings. The van der Waals surface area contributed by atoms with Gasteiger partial charge in [0.15, 0.2) is 0 Å².